The zero-order chi connectivity index (χ0) is 17.6. The fraction of sp³-hybridized carbons (Fsp3) is 0. The Balaban J connectivity index is 2.10. The van der Waals surface area contributed by atoms with Gasteiger partial charge in [-0.1, -0.05) is 12.1 Å². The Bertz CT molecular complexity index is 1180. The molecule has 0 amide bonds. The number of anilines is 1. The van der Waals surface area contributed by atoms with Crippen molar-refractivity contribution in [1.82, 2.24) is 30.0 Å². The van der Waals surface area contributed by atoms with Crippen molar-refractivity contribution < 1.29 is 8.42 Å². The van der Waals surface area contributed by atoms with Crippen LogP contribution in [-0.2, 0) is 10.0 Å². The molecule has 3 heterocycles. The van der Waals surface area contributed by atoms with Crippen LogP contribution in [0.1, 0.15) is 0 Å². The number of nitrogens with one attached hydrogen (secondary N) is 1. The summed E-state index contributed by atoms with van der Waals surface area (Å²) in [6.07, 6.45) is 3.37. The summed E-state index contributed by atoms with van der Waals surface area (Å²) in [6, 6.07) is 8.21. The molecule has 0 aliphatic heterocycles. The number of imidazole rings is 1. The van der Waals surface area contributed by atoms with Crippen molar-refractivity contribution in [2.75, 3.05) is 5.73 Å². The summed E-state index contributed by atoms with van der Waals surface area (Å²) < 4.78 is 25.8. The van der Waals surface area contributed by atoms with Gasteiger partial charge >= 0.3 is 0 Å². The average Bonchev–Trinajstić information content (AvgIpc) is 3.23. The van der Waals surface area contributed by atoms with Crippen molar-refractivity contribution in [1.29, 1.82) is 0 Å². The smallest absolute Gasteiger partial charge is 0.238 e. The van der Waals surface area contributed by atoms with Crippen molar-refractivity contribution in [2.45, 2.75) is 4.90 Å². The molecule has 0 saturated carbocycles. The fourth-order valence-electron chi connectivity index (χ4n) is 2.71. The van der Waals surface area contributed by atoms with Crippen LogP contribution >= 0.6 is 0 Å². The Morgan fingerprint density at radius 3 is 2.72 bits per heavy atom. The van der Waals surface area contributed by atoms with E-state index in [-0.39, 0.29) is 16.3 Å². The van der Waals surface area contributed by atoms with Gasteiger partial charge in [0.1, 0.15) is 0 Å². The van der Waals surface area contributed by atoms with Crippen LogP contribution in [0.25, 0.3) is 28.3 Å². The maximum atomic E-state index is 12.0. The van der Waals surface area contributed by atoms with Crippen LogP contribution in [0.5, 0.6) is 0 Å². The maximum absolute atomic E-state index is 12.0. The number of nitrogens with zero attached hydrogens (tertiary/aromatic N) is 5. The summed E-state index contributed by atoms with van der Waals surface area (Å²) in [5.41, 5.74) is 8.38. The van der Waals surface area contributed by atoms with Crippen LogP contribution in [0.2, 0.25) is 0 Å². The molecule has 4 aromatic rings. The standard InChI is InChI=1S/C14H12N8O2S/c15-9-4-2-6-22-10(7-17-14(9)22)8-3-1-5-11(25(16,23)24)12(8)13-18-20-21-19-13/h1-7H,15H2,(H2,16,23,24)(H,18,19,20,21). The van der Waals surface area contributed by atoms with Crippen molar-refractivity contribution in [2.24, 2.45) is 5.14 Å². The molecule has 0 aliphatic rings. The number of pyridine rings is 1. The van der Waals surface area contributed by atoms with Gasteiger partial charge in [0.2, 0.25) is 15.8 Å². The van der Waals surface area contributed by atoms with E-state index in [4.69, 9.17) is 10.9 Å². The number of sulfonamides is 1. The Hall–Kier alpha value is -3.31. The molecule has 1 aromatic carbocycles. The normalized spacial score (nSPS) is 11.9. The number of hydrogen-bond donors (Lipinski definition) is 3. The molecule has 3 aromatic heterocycles. The van der Waals surface area contributed by atoms with Crippen molar-refractivity contribution in [3.8, 4) is 22.6 Å². The predicted octanol–water partition coefficient (Wildman–Crippen LogP) is 0.411. The Morgan fingerprint density at radius 1 is 1.16 bits per heavy atom. The monoisotopic (exact) mass is 356 g/mol. The quantitative estimate of drug-likeness (QED) is 0.479. The zero-order valence-electron chi connectivity index (χ0n) is 12.7. The molecule has 0 atom stereocenters. The topological polar surface area (TPSA) is 158 Å². The van der Waals surface area contributed by atoms with Gasteiger partial charge in [-0.25, -0.2) is 18.5 Å². The third-order valence-corrected chi connectivity index (χ3v) is 4.70. The number of H-pyrrole nitrogens is 1. The highest BCUT2D eigenvalue weighted by Gasteiger charge is 2.23. The van der Waals surface area contributed by atoms with Crippen LogP contribution in [0, 0.1) is 0 Å². The van der Waals surface area contributed by atoms with Gasteiger partial charge in [0.15, 0.2) is 5.65 Å². The zero-order valence-corrected chi connectivity index (χ0v) is 13.5. The first-order chi connectivity index (χ1) is 12.0. The van der Waals surface area contributed by atoms with Crippen LogP contribution in [0.15, 0.2) is 47.6 Å². The highest BCUT2D eigenvalue weighted by Crippen LogP contribution is 2.35. The number of aromatic amines is 1. The number of nitrogen functional groups attached to an aromatic ring is 1. The van der Waals surface area contributed by atoms with E-state index in [0.717, 1.165) is 0 Å². The second-order valence-electron chi connectivity index (χ2n) is 5.26. The minimum Gasteiger partial charge on any atom is -0.396 e. The van der Waals surface area contributed by atoms with Gasteiger partial charge in [-0.3, -0.25) is 4.40 Å². The largest absolute Gasteiger partial charge is 0.396 e. The number of nitrogens with two attached hydrogens (primary N) is 2. The number of hydrogen-bond acceptors (Lipinski definition) is 7. The van der Waals surface area contributed by atoms with E-state index >= 15 is 0 Å². The first kappa shape index (κ1) is 15.2. The van der Waals surface area contributed by atoms with Crippen LogP contribution in [0.3, 0.4) is 0 Å². The summed E-state index contributed by atoms with van der Waals surface area (Å²) >= 11 is 0. The lowest BCUT2D eigenvalue weighted by molar-refractivity contribution is 0.598. The van der Waals surface area contributed by atoms with Crippen molar-refractivity contribution in [3.05, 3.63) is 42.7 Å². The van der Waals surface area contributed by atoms with E-state index in [0.29, 0.717) is 22.6 Å². The van der Waals surface area contributed by atoms with Gasteiger partial charge in [0.05, 0.1) is 28.0 Å². The van der Waals surface area contributed by atoms with Crippen LogP contribution in [-0.4, -0.2) is 38.4 Å². The molecule has 5 N–H and O–H groups in total. The molecular weight excluding hydrogens is 344 g/mol. The fourth-order valence-corrected chi connectivity index (χ4v) is 3.47. The van der Waals surface area contributed by atoms with Gasteiger partial charge in [-0.15, -0.1) is 10.2 Å². The SMILES string of the molecule is Nc1cccn2c(-c3cccc(S(N)(=O)=O)c3-c3nn[nH]n3)cnc12. The van der Waals surface area contributed by atoms with Crippen LogP contribution in [0.4, 0.5) is 5.69 Å². The molecule has 0 bridgehead atoms. The predicted molar refractivity (Wildman–Crippen MR) is 89.6 cm³/mol. The third-order valence-electron chi connectivity index (χ3n) is 3.74. The number of tetrazole rings is 1. The van der Waals surface area contributed by atoms with Gasteiger partial charge in [0.25, 0.3) is 0 Å². The van der Waals surface area contributed by atoms with Crippen molar-refractivity contribution >= 4 is 21.4 Å². The summed E-state index contributed by atoms with van der Waals surface area (Å²) in [6.45, 7) is 0. The summed E-state index contributed by atoms with van der Waals surface area (Å²) in [5.74, 6) is 0.110. The Labute approximate surface area is 141 Å². The van der Waals surface area contributed by atoms with E-state index in [9.17, 15) is 8.42 Å². The van der Waals surface area contributed by atoms with Gasteiger partial charge in [-0.05, 0) is 23.4 Å². The summed E-state index contributed by atoms with van der Waals surface area (Å²) in [7, 11) is -4.01. The molecule has 0 fully saturated rings. The van der Waals surface area contributed by atoms with Crippen LogP contribution < -0.4 is 10.9 Å². The summed E-state index contributed by atoms with van der Waals surface area (Å²) in [4.78, 5) is 4.20. The lowest BCUT2D eigenvalue weighted by atomic mass is 10.0. The Kier molecular flexibility index (Phi) is 3.26. The second kappa shape index (κ2) is 5.36. The molecule has 0 unspecified atom stereocenters. The first-order valence-electron chi connectivity index (χ1n) is 7.08. The molecule has 11 heteroatoms. The molecule has 126 valence electrons. The molecular formula is C14H12N8O2S. The van der Waals surface area contributed by atoms with E-state index in [1.54, 1.807) is 41.1 Å². The highest BCUT2D eigenvalue weighted by atomic mass is 32.2. The highest BCUT2D eigenvalue weighted by molar-refractivity contribution is 7.89. The number of benzene rings is 1. The summed E-state index contributed by atoms with van der Waals surface area (Å²) in [5, 5.41) is 19.0. The minimum atomic E-state index is -4.01. The van der Waals surface area contributed by atoms with Gasteiger partial charge in [-0.2, -0.15) is 5.21 Å². The van der Waals surface area contributed by atoms with E-state index in [2.05, 4.69) is 25.6 Å². The molecule has 0 radical (unpaired) electrons. The second-order valence-corrected chi connectivity index (χ2v) is 6.79. The molecule has 0 spiro atoms. The molecule has 4 rings (SSSR count). The van der Waals surface area contributed by atoms with E-state index < -0.39 is 10.0 Å². The third kappa shape index (κ3) is 2.42. The lowest BCUT2D eigenvalue weighted by Gasteiger charge is -2.11. The number of aromatic nitrogens is 6. The number of primary sulfonamides is 1. The maximum Gasteiger partial charge on any atom is 0.238 e. The van der Waals surface area contributed by atoms with Gasteiger partial charge < -0.3 is 5.73 Å². The average molecular weight is 356 g/mol. The molecule has 0 aliphatic carbocycles. The Morgan fingerprint density at radius 2 is 2.00 bits per heavy atom. The first-order valence-corrected chi connectivity index (χ1v) is 8.63. The number of rotatable bonds is 3. The molecule has 25 heavy (non-hydrogen) atoms. The lowest BCUT2D eigenvalue weighted by Crippen LogP contribution is -2.14. The molecule has 0 saturated heterocycles. The van der Waals surface area contributed by atoms with Gasteiger partial charge in [0, 0.05) is 11.8 Å². The van der Waals surface area contributed by atoms with E-state index in [1.165, 1.54) is 6.07 Å². The minimum absolute atomic E-state index is 0.106. The van der Waals surface area contributed by atoms with E-state index in [1.807, 2.05) is 0 Å². The van der Waals surface area contributed by atoms with Crippen molar-refractivity contribution in [3.63, 3.8) is 0 Å². The molecule has 10 nitrogen and oxygen atoms in total. The number of fused-ring (bicyclic) bond motifs is 1.